The summed E-state index contributed by atoms with van der Waals surface area (Å²) >= 11 is 0. The van der Waals surface area contributed by atoms with Crippen LogP contribution in [0, 0.1) is 5.41 Å². The van der Waals surface area contributed by atoms with Crippen LogP contribution in [-0.2, 0) is 4.74 Å². The highest BCUT2D eigenvalue weighted by Gasteiger charge is 2.36. The Morgan fingerprint density at radius 1 is 1.30 bits per heavy atom. The lowest BCUT2D eigenvalue weighted by Gasteiger charge is -2.38. The topological polar surface area (TPSA) is 27.7 Å². The van der Waals surface area contributed by atoms with Crippen LogP contribution < -0.4 is 5.32 Å². The molecule has 1 heterocycles. The van der Waals surface area contributed by atoms with E-state index < -0.39 is 0 Å². The first-order valence-electron chi connectivity index (χ1n) is 8.20. The quantitative estimate of drug-likeness (QED) is 0.618. The third kappa shape index (κ3) is 5.68. The van der Waals surface area contributed by atoms with Gasteiger partial charge in [0, 0.05) is 37.7 Å². The summed E-state index contributed by atoms with van der Waals surface area (Å²) < 4.78 is 5.72. The molecule has 0 aromatic carbocycles. The molecule has 0 bridgehead atoms. The van der Waals surface area contributed by atoms with Crippen LogP contribution >= 0.6 is 0 Å². The summed E-state index contributed by atoms with van der Waals surface area (Å²) in [7, 11) is 4.31. The highest BCUT2D eigenvalue weighted by atomic mass is 16.5. The Bertz CT molecular complexity index is 252. The standard InChI is InChI=1S/C16H35N3O/c1-6-9-17-12-16(8-10-20-14-16)13-19(7-2)15(3)11-18(4)5/h15,17H,6-14H2,1-5H3. The minimum atomic E-state index is 0.311. The molecule has 2 atom stereocenters. The van der Waals surface area contributed by atoms with Gasteiger partial charge in [0.2, 0.25) is 0 Å². The van der Waals surface area contributed by atoms with Gasteiger partial charge in [-0.2, -0.15) is 0 Å². The zero-order valence-electron chi connectivity index (χ0n) is 14.2. The smallest absolute Gasteiger partial charge is 0.0547 e. The predicted octanol–water partition coefficient (Wildman–Crippen LogP) is 1.66. The van der Waals surface area contributed by atoms with Gasteiger partial charge < -0.3 is 15.0 Å². The lowest BCUT2D eigenvalue weighted by Crippen LogP contribution is -2.49. The first-order chi connectivity index (χ1) is 9.53. The minimum absolute atomic E-state index is 0.311. The number of nitrogens with one attached hydrogen (secondary N) is 1. The zero-order valence-corrected chi connectivity index (χ0v) is 14.2. The van der Waals surface area contributed by atoms with Crippen molar-refractivity contribution >= 4 is 0 Å². The highest BCUT2D eigenvalue weighted by molar-refractivity contribution is 4.89. The molecule has 0 aromatic rings. The van der Waals surface area contributed by atoms with Gasteiger partial charge >= 0.3 is 0 Å². The van der Waals surface area contributed by atoms with Gasteiger partial charge in [-0.05, 0) is 47.0 Å². The van der Waals surface area contributed by atoms with Gasteiger partial charge in [0.25, 0.3) is 0 Å². The van der Waals surface area contributed by atoms with Crippen molar-refractivity contribution in [2.24, 2.45) is 5.41 Å². The van der Waals surface area contributed by atoms with Gasteiger partial charge in [-0.1, -0.05) is 13.8 Å². The number of likely N-dealkylation sites (N-methyl/N-ethyl adjacent to an activating group) is 2. The van der Waals surface area contributed by atoms with Crippen LogP contribution in [0.3, 0.4) is 0 Å². The molecule has 0 radical (unpaired) electrons. The molecule has 1 aliphatic rings. The second-order valence-corrected chi connectivity index (χ2v) is 6.65. The molecule has 20 heavy (non-hydrogen) atoms. The van der Waals surface area contributed by atoms with Crippen molar-refractivity contribution in [1.82, 2.24) is 15.1 Å². The van der Waals surface area contributed by atoms with Gasteiger partial charge in [0.1, 0.15) is 0 Å². The van der Waals surface area contributed by atoms with Crippen LogP contribution in [0.5, 0.6) is 0 Å². The van der Waals surface area contributed by atoms with E-state index in [2.05, 4.69) is 50.0 Å². The summed E-state index contributed by atoms with van der Waals surface area (Å²) in [5, 5.41) is 3.61. The third-order valence-electron chi connectivity index (χ3n) is 4.31. The fraction of sp³-hybridized carbons (Fsp3) is 1.00. The van der Waals surface area contributed by atoms with Crippen molar-refractivity contribution in [1.29, 1.82) is 0 Å². The molecule has 4 nitrogen and oxygen atoms in total. The lowest BCUT2D eigenvalue weighted by atomic mass is 9.86. The van der Waals surface area contributed by atoms with Gasteiger partial charge in [-0.3, -0.25) is 4.90 Å². The average molecular weight is 285 g/mol. The Hall–Kier alpha value is -0.160. The number of nitrogens with zero attached hydrogens (tertiary/aromatic N) is 2. The predicted molar refractivity (Wildman–Crippen MR) is 86.3 cm³/mol. The molecule has 1 fully saturated rings. The third-order valence-corrected chi connectivity index (χ3v) is 4.31. The van der Waals surface area contributed by atoms with Crippen LogP contribution in [0.1, 0.15) is 33.6 Å². The van der Waals surface area contributed by atoms with Crippen molar-refractivity contribution in [3.8, 4) is 0 Å². The van der Waals surface area contributed by atoms with E-state index in [-0.39, 0.29) is 0 Å². The van der Waals surface area contributed by atoms with Crippen molar-refractivity contribution in [2.45, 2.75) is 39.7 Å². The highest BCUT2D eigenvalue weighted by Crippen LogP contribution is 2.29. The summed E-state index contributed by atoms with van der Waals surface area (Å²) in [6.45, 7) is 14.3. The molecular weight excluding hydrogens is 250 g/mol. The van der Waals surface area contributed by atoms with E-state index in [0.29, 0.717) is 11.5 Å². The van der Waals surface area contributed by atoms with Crippen LogP contribution in [0.25, 0.3) is 0 Å². The van der Waals surface area contributed by atoms with E-state index in [1.807, 2.05) is 0 Å². The van der Waals surface area contributed by atoms with E-state index in [4.69, 9.17) is 4.74 Å². The monoisotopic (exact) mass is 285 g/mol. The molecule has 1 aliphatic heterocycles. The molecule has 0 aliphatic carbocycles. The van der Waals surface area contributed by atoms with Crippen LogP contribution in [0.15, 0.2) is 0 Å². The molecular formula is C16H35N3O. The number of hydrogen-bond acceptors (Lipinski definition) is 4. The summed E-state index contributed by atoms with van der Waals surface area (Å²) in [6, 6.07) is 0.596. The molecule has 0 spiro atoms. The maximum absolute atomic E-state index is 5.72. The van der Waals surface area contributed by atoms with E-state index in [9.17, 15) is 0 Å². The Morgan fingerprint density at radius 2 is 2.05 bits per heavy atom. The molecule has 1 N–H and O–H groups in total. The molecule has 0 amide bonds. The fourth-order valence-corrected chi connectivity index (χ4v) is 3.15. The molecule has 1 saturated heterocycles. The van der Waals surface area contributed by atoms with Crippen LogP contribution in [-0.4, -0.2) is 75.9 Å². The lowest BCUT2D eigenvalue weighted by molar-refractivity contribution is 0.0840. The first-order valence-corrected chi connectivity index (χ1v) is 8.20. The largest absolute Gasteiger partial charge is 0.381 e. The Morgan fingerprint density at radius 3 is 2.55 bits per heavy atom. The molecule has 2 unspecified atom stereocenters. The van der Waals surface area contributed by atoms with Crippen molar-refractivity contribution in [2.75, 3.05) is 60.0 Å². The van der Waals surface area contributed by atoms with Gasteiger partial charge in [0.05, 0.1) is 6.61 Å². The average Bonchev–Trinajstić information content (AvgIpc) is 2.84. The van der Waals surface area contributed by atoms with E-state index >= 15 is 0 Å². The molecule has 0 saturated carbocycles. The normalized spacial score (nSPS) is 24.8. The van der Waals surface area contributed by atoms with E-state index in [0.717, 1.165) is 45.9 Å². The maximum Gasteiger partial charge on any atom is 0.0547 e. The molecule has 4 heteroatoms. The molecule has 1 rings (SSSR count). The van der Waals surface area contributed by atoms with E-state index in [1.54, 1.807) is 0 Å². The Kier molecular flexibility index (Phi) is 8.03. The summed E-state index contributed by atoms with van der Waals surface area (Å²) in [6.07, 6.45) is 2.39. The SMILES string of the molecule is CCCNCC1(CN(CC)C(C)CN(C)C)CCOC1. The summed E-state index contributed by atoms with van der Waals surface area (Å²) in [5.74, 6) is 0. The van der Waals surface area contributed by atoms with E-state index in [1.165, 1.54) is 12.8 Å². The van der Waals surface area contributed by atoms with Crippen LogP contribution in [0.4, 0.5) is 0 Å². The maximum atomic E-state index is 5.72. The fourth-order valence-electron chi connectivity index (χ4n) is 3.15. The van der Waals surface area contributed by atoms with Gasteiger partial charge in [0.15, 0.2) is 0 Å². The number of rotatable bonds is 10. The molecule has 0 aromatic heterocycles. The summed E-state index contributed by atoms with van der Waals surface area (Å²) in [4.78, 5) is 4.89. The van der Waals surface area contributed by atoms with Crippen molar-refractivity contribution in [3.05, 3.63) is 0 Å². The Balaban J connectivity index is 2.57. The Labute approximate surface area is 125 Å². The van der Waals surface area contributed by atoms with Gasteiger partial charge in [-0.15, -0.1) is 0 Å². The first kappa shape index (κ1) is 17.9. The molecule has 120 valence electrons. The second-order valence-electron chi connectivity index (χ2n) is 6.65. The summed E-state index contributed by atoms with van der Waals surface area (Å²) in [5.41, 5.74) is 0.311. The van der Waals surface area contributed by atoms with Gasteiger partial charge in [-0.25, -0.2) is 0 Å². The number of ether oxygens (including phenoxy) is 1. The second kappa shape index (κ2) is 8.98. The van der Waals surface area contributed by atoms with Crippen LogP contribution in [0.2, 0.25) is 0 Å². The van der Waals surface area contributed by atoms with Crippen molar-refractivity contribution < 1.29 is 4.74 Å². The number of hydrogen-bond donors (Lipinski definition) is 1. The zero-order chi connectivity index (χ0) is 15.0. The minimum Gasteiger partial charge on any atom is -0.381 e. The van der Waals surface area contributed by atoms with Crippen molar-refractivity contribution in [3.63, 3.8) is 0 Å².